The zero-order chi connectivity index (χ0) is 16.1. The summed E-state index contributed by atoms with van der Waals surface area (Å²) in [6, 6.07) is 5.98. The van der Waals surface area contributed by atoms with Crippen molar-refractivity contribution in [2.75, 3.05) is 6.61 Å². The number of allylic oxidation sites excluding steroid dienone is 1. The number of hydrogen-bond donors (Lipinski definition) is 2. The third-order valence-corrected chi connectivity index (χ3v) is 5.30. The van der Waals surface area contributed by atoms with Gasteiger partial charge < -0.3 is 15.2 Å². The Hall–Kier alpha value is -2.13. The molecule has 5 nitrogen and oxygen atoms in total. The average Bonchev–Trinajstić information content (AvgIpc) is 2.99. The van der Waals surface area contributed by atoms with Crippen molar-refractivity contribution in [2.24, 2.45) is 0 Å². The van der Waals surface area contributed by atoms with Crippen LogP contribution in [0.4, 0.5) is 0 Å². The van der Waals surface area contributed by atoms with E-state index in [4.69, 9.17) is 4.74 Å². The zero-order valence-corrected chi connectivity index (χ0v) is 13.4. The summed E-state index contributed by atoms with van der Waals surface area (Å²) >= 11 is 1.26. The molecule has 1 unspecified atom stereocenters. The molecule has 0 aromatic heterocycles. The minimum atomic E-state index is -0.928. The summed E-state index contributed by atoms with van der Waals surface area (Å²) in [7, 11) is 0. The molecule has 0 spiro atoms. The Morgan fingerprint density at radius 2 is 2.27 bits per heavy atom. The van der Waals surface area contributed by atoms with Crippen LogP contribution in [-0.4, -0.2) is 17.7 Å². The van der Waals surface area contributed by atoms with Gasteiger partial charge in [0.1, 0.15) is 22.1 Å². The number of hydrogen-bond acceptors (Lipinski definition) is 5. The highest BCUT2D eigenvalue weighted by Crippen LogP contribution is 2.46. The highest BCUT2D eigenvalue weighted by Gasteiger charge is 2.36. The van der Waals surface area contributed by atoms with Gasteiger partial charge in [-0.2, -0.15) is 5.26 Å². The molecule has 0 aliphatic carbocycles. The van der Waals surface area contributed by atoms with Crippen LogP contribution in [0.3, 0.4) is 0 Å². The molecule has 114 valence electrons. The minimum absolute atomic E-state index is 0.154. The van der Waals surface area contributed by atoms with Gasteiger partial charge in [0.15, 0.2) is 0 Å². The molecule has 3 rings (SSSR count). The van der Waals surface area contributed by atoms with E-state index in [1.54, 1.807) is 13.0 Å². The number of rotatable bonds is 2. The quantitative estimate of drug-likeness (QED) is 0.873. The normalized spacial score (nSPS) is 21.8. The molecular weight excluding hydrogens is 300 g/mol. The van der Waals surface area contributed by atoms with Crippen LogP contribution in [0.5, 0.6) is 5.75 Å². The van der Waals surface area contributed by atoms with Crippen molar-refractivity contribution < 1.29 is 14.6 Å². The monoisotopic (exact) mass is 316 g/mol. The number of carbonyl (C=O) groups is 1. The van der Waals surface area contributed by atoms with E-state index in [9.17, 15) is 15.2 Å². The van der Waals surface area contributed by atoms with Gasteiger partial charge in [0.2, 0.25) is 0 Å². The molecule has 0 amide bonds. The number of thioether (sulfide) groups is 1. The molecule has 2 heterocycles. The van der Waals surface area contributed by atoms with Crippen molar-refractivity contribution in [3.05, 3.63) is 39.4 Å². The first kappa shape index (κ1) is 14.8. The van der Waals surface area contributed by atoms with E-state index in [2.05, 4.69) is 25.2 Å². The summed E-state index contributed by atoms with van der Waals surface area (Å²) in [5.41, 5.74) is 2.90. The maximum absolute atomic E-state index is 11.2. The molecule has 0 fully saturated rings. The number of carboxylic acid groups (broad SMARTS) is 1. The second kappa shape index (κ2) is 4.96. The van der Waals surface area contributed by atoms with Crippen LogP contribution in [0.25, 0.3) is 0 Å². The fourth-order valence-corrected chi connectivity index (χ4v) is 3.81. The smallest absolute Gasteiger partial charge is 0.344 e. The Labute approximate surface area is 133 Å². The van der Waals surface area contributed by atoms with Crippen LogP contribution in [-0.2, 0) is 10.2 Å². The summed E-state index contributed by atoms with van der Waals surface area (Å²) < 4.78 is 5.68. The first-order chi connectivity index (χ1) is 10.3. The van der Waals surface area contributed by atoms with Crippen LogP contribution in [0.15, 0.2) is 22.7 Å². The van der Waals surface area contributed by atoms with Gasteiger partial charge in [-0.3, -0.25) is 0 Å². The second-order valence-electron chi connectivity index (χ2n) is 6.13. The number of nitrogens with one attached hydrogen (secondary N) is 1. The number of fused-ring (bicyclic) bond motifs is 1. The lowest BCUT2D eigenvalue weighted by Crippen LogP contribution is -2.19. The first-order valence-corrected chi connectivity index (χ1v) is 7.80. The Bertz CT molecular complexity index is 746. The molecule has 2 aliphatic heterocycles. The molecule has 0 saturated carbocycles. The van der Waals surface area contributed by atoms with E-state index in [1.807, 2.05) is 6.07 Å². The molecule has 1 atom stereocenters. The SMILES string of the molecule is CC1=C(C(=O)O)SC(c2cc(C#N)c3c(c2)C(C)(C)CO3)N1. The standard InChI is InChI=1S/C16H16N2O3S/c1-8-13(15(19)20)22-14(18-8)9-4-10(6-17)12-11(5-9)16(2,3)7-21-12/h4-5,14,18H,7H2,1-3H3,(H,19,20). The average molecular weight is 316 g/mol. The minimum Gasteiger partial charge on any atom is -0.491 e. The van der Waals surface area contributed by atoms with E-state index < -0.39 is 5.97 Å². The molecule has 22 heavy (non-hydrogen) atoms. The summed E-state index contributed by atoms with van der Waals surface area (Å²) in [6.07, 6.45) is 0. The van der Waals surface area contributed by atoms with Crippen molar-refractivity contribution >= 4 is 17.7 Å². The number of aliphatic carboxylic acids is 1. The van der Waals surface area contributed by atoms with E-state index >= 15 is 0 Å². The Morgan fingerprint density at radius 1 is 1.55 bits per heavy atom. The molecule has 1 aromatic rings. The van der Waals surface area contributed by atoms with Crippen molar-refractivity contribution in [3.8, 4) is 11.8 Å². The van der Waals surface area contributed by atoms with Gasteiger partial charge in [0.25, 0.3) is 0 Å². The molecule has 0 radical (unpaired) electrons. The predicted octanol–water partition coefficient (Wildman–Crippen LogP) is 2.88. The zero-order valence-electron chi connectivity index (χ0n) is 12.6. The van der Waals surface area contributed by atoms with Gasteiger partial charge in [-0.05, 0) is 24.6 Å². The van der Waals surface area contributed by atoms with Gasteiger partial charge in [0.05, 0.1) is 12.2 Å². The van der Waals surface area contributed by atoms with E-state index in [-0.39, 0.29) is 10.8 Å². The third kappa shape index (κ3) is 2.22. The lowest BCUT2D eigenvalue weighted by atomic mass is 9.85. The Balaban J connectivity index is 2.01. The van der Waals surface area contributed by atoms with Gasteiger partial charge in [-0.15, -0.1) is 0 Å². The first-order valence-electron chi connectivity index (χ1n) is 6.92. The maximum atomic E-state index is 11.2. The fourth-order valence-electron chi connectivity index (χ4n) is 2.73. The Morgan fingerprint density at radius 3 is 2.86 bits per heavy atom. The van der Waals surface area contributed by atoms with E-state index in [0.717, 1.165) is 11.1 Å². The number of nitriles is 1. The van der Waals surface area contributed by atoms with E-state index in [0.29, 0.717) is 28.5 Å². The van der Waals surface area contributed by atoms with Crippen LogP contribution in [0.2, 0.25) is 0 Å². The predicted molar refractivity (Wildman–Crippen MR) is 83.5 cm³/mol. The number of ether oxygens (including phenoxy) is 1. The van der Waals surface area contributed by atoms with Gasteiger partial charge in [0, 0.05) is 16.7 Å². The summed E-state index contributed by atoms with van der Waals surface area (Å²) in [4.78, 5) is 11.5. The highest BCUT2D eigenvalue weighted by molar-refractivity contribution is 8.04. The summed E-state index contributed by atoms with van der Waals surface area (Å²) in [5.74, 6) is -0.273. The van der Waals surface area contributed by atoms with Crippen LogP contribution in [0.1, 0.15) is 42.8 Å². The molecule has 1 aromatic carbocycles. The van der Waals surface area contributed by atoms with Gasteiger partial charge >= 0.3 is 5.97 Å². The van der Waals surface area contributed by atoms with Crippen molar-refractivity contribution in [2.45, 2.75) is 31.6 Å². The molecule has 0 bridgehead atoms. The number of benzene rings is 1. The van der Waals surface area contributed by atoms with Crippen LogP contribution >= 0.6 is 11.8 Å². The Kier molecular flexibility index (Phi) is 3.33. The molecule has 2 aliphatic rings. The summed E-state index contributed by atoms with van der Waals surface area (Å²) in [6.45, 7) is 6.45. The second-order valence-corrected chi connectivity index (χ2v) is 7.25. The van der Waals surface area contributed by atoms with Gasteiger partial charge in [-0.1, -0.05) is 25.6 Å². The lowest BCUT2D eigenvalue weighted by molar-refractivity contribution is -0.131. The fraction of sp³-hybridized carbons (Fsp3) is 0.375. The highest BCUT2D eigenvalue weighted by atomic mass is 32.2. The van der Waals surface area contributed by atoms with E-state index in [1.165, 1.54) is 11.8 Å². The summed E-state index contributed by atoms with van der Waals surface area (Å²) in [5, 5.41) is 21.6. The van der Waals surface area contributed by atoms with Gasteiger partial charge in [-0.25, -0.2) is 4.79 Å². The van der Waals surface area contributed by atoms with Crippen molar-refractivity contribution in [1.82, 2.24) is 5.32 Å². The maximum Gasteiger partial charge on any atom is 0.344 e. The molecule has 2 N–H and O–H groups in total. The van der Waals surface area contributed by atoms with Crippen LogP contribution in [0, 0.1) is 11.3 Å². The third-order valence-electron chi connectivity index (χ3n) is 3.96. The number of carboxylic acids is 1. The largest absolute Gasteiger partial charge is 0.491 e. The number of nitrogens with zero attached hydrogens (tertiary/aromatic N) is 1. The topological polar surface area (TPSA) is 82.3 Å². The molecular formula is C16H16N2O3S. The lowest BCUT2D eigenvalue weighted by Gasteiger charge is -2.18. The molecule has 0 saturated heterocycles. The van der Waals surface area contributed by atoms with Crippen LogP contribution < -0.4 is 10.1 Å². The molecule has 6 heteroatoms. The van der Waals surface area contributed by atoms with Crippen molar-refractivity contribution in [3.63, 3.8) is 0 Å². The van der Waals surface area contributed by atoms with Crippen molar-refractivity contribution in [1.29, 1.82) is 5.26 Å².